The minimum Gasteiger partial charge on any atom is -0.464 e. The number of hydrazine groups is 1. The molecule has 0 saturated heterocycles. The van der Waals surface area contributed by atoms with Crippen LogP contribution in [0.3, 0.4) is 0 Å². The molecule has 0 aromatic heterocycles. The van der Waals surface area contributed by atoms with Gasteiger partial charge < -0.3 is 25.9 Å². The molecule has 1 fully saturated rings. The third kappa shape index (κ3) is 7.43. The summed E-state index contributed by atoms with van der Waals surface area (Å²) in [6.45, 7) is 6.85. The Kier molecular flexibility index (Phi) is 7.42. The smallest absolute Gasteiger partial charge is 0.423 e. The Hall–Kier alpha value is -3.37. The first-order chi connectivity index (χ1) is 14.4. The fourth-order valence-corrected chi connectivity index (χ4v) is 2.72. The van der Waals surface area contributed by atoms with Gasteiger partial charge in [0.1, 0.15) is 5.60 Å². The quantitative estimate of drug-likeness (QED) is 0.285. The maximum Gasteiger partial charge on any atom is 0.423 e. The molecule has 2 rings (SSSR count). The Morgan fingerprint density at radius 3 is 2.39 bits per heavy atom. The summed E-state index contributed by atoms with van der Waals surface area (Å²) in [5.41, 5.74) is 2.75. The van der Waals surface area contributed by atoms with Gasteiger partial charge in [-0.15, -0.1) is 0 Å². The van der Waals surface area contributed by atoms with Crippen molar-refractivity contribution in [3.8, 4) is 0 Å². The third-order valence-corrected chi connectivity index (χ3v) is 4.19. The van der Waals surface area contributed by atoms with Gasteiger partial charge in [-0.05, 0) is 52.7 Å². The number of rotatable bonds is 7. The van der Waals surface area contributed by atoms with Crippen LogP contribution < -0.4 is 21.5 Å². The van der Waals surface area contributed by atoms with Crippen molar-refractivity contribution >= 4 is 29.5 Å². The number of carbonyl (C=O) groups excluding carboxylic acids is 2. The molecule has 170 valence electrons. The second kappa shape index (κ2) is 9.63. The summed E-state index contributed by atoms with van der Waals surface area (Å²) >= 11 is 0. The molecule has 3 amide bonds. The minimum atomic E-state index is -1.46. The van der Waals surface area contributed by atoms with E-state index in [1.807, 2.05) is 5.43 Å². The predicted molar refractivity (Wildman–Crippen MR) is 112 cm³/mol. The molecule has 31 heavy (non-hydrogen) atoms. The zero-order valence-electron chi connectivity index (χ0n) is 17.9. The van der Waals surface area contributed by atoms with Gasteiger partial charge in [-0.25, -0.2) is 19.4 Å². The molecular weight excluding hydrogens is 409 g/mol. The predicted octanol–water partition coefficient (Wildman–Crippen LogP) is 2.98. The average Bonchev–Trinajstić information content (AvgIpc) is 3.43. The molecule has 1 aromatic rings. The number of hydrogen-bond donors (Lipinski definition) is 6. The molecule has 0 bridgehead atoms. The van der Waals surface area contributed by atoms with E-state index in [-0.39, 0.29) is 35.0 Å². The van der Waals surface area contributed by atoms with Crippen LogP contribution in [0, 0.1) is 11.2 Å². The summed E-state index contributed by atoms with van der Waals surface area (Å²) in [6.07, 6.45) is -0.443. The number of carbonyl (C=O) groups is 3. The van der Waals surface area contributed by atoms with Crippen LogP contribution in [0.4, 0.5) is 19.7 Å². The van der Waals surface area contributed by atoms with Crippen LogP contribution in [0.2, 0.25) is 0 Å². The Morgan fingerprint density at radius 1 is 1.23 bits per heavy atom. The van der Waals surface area contributed by atoms with Crippen LogP contribution in [0.25, 0.3) is 0 Å². The second-order valence-electron chi connectivity index (χ2n) is 8.38. The van der Waals surface area contributed by atoms with Gasteiger partial charge in [0, 0.05) is 29.8 Å². The van der Waals surface area contributed by atoms with Crippen molar-refractivity contribution in [2.75, 3.05) is 5.32 Å². The lowest BCUT2D eigenvalue weighted by molar-refractivity contribution is 0.0510. The molecule has 1 aliphatic rings. The molecular formula is C20H28FN5O5. The van der Waals surface area contributed by atoms with Crippen molar-refractivity contribution in [3.63, 3.8) is 0 Å². The highest BCUT2D eigenvalue weighted by molar-refractivity contribution is 6.04. The fourth-order valence-electron chi connectivity index (χ4n) is 2.72. The molecule has 1 atom stereocenters. The van der Waals surface area contributed by atoms with E-state index < -0.39 is 35.6 Å². The van der Waals surface area contributed by atoms with Crippen molar-refractivity contribution in [1.82, 2.24) is 16.2 Å². The van der Waals surface area contributed by atoms with E-state index in [9.17, 15) is 14.4 Å². The van der Waals surface area contributed by atoms with Gasteiger partial charge in [-0.3, -0.25) is 10.2 Å². The van der Waals surface area contributed by atoms with Gasteiger partial charge in [0.25, 0.3) is 5.91 Å². The summed E-state index contributed by atoms with van der Waals surface area (Å²) in [5, 5.41) is 22.4. The number of benzene rings is 1. The minimum absolute atomic E-state index is 0.00525. The molecule has 0 heterocycles. The molecule has 10 nitrogen and oxygen atoms in total. The largest absolute Gasteiger partial charge is 0.464 e. The van der Waals surface area contributed by atoms with Crippen LogP contribution in [0.15, 0.2) is 12.1 Å². The lowest BCUT2D eigenvalue weighted by atomic mass is 9.99. The molecule has 11 heteroatoms. The number of anilines is 1. The molecule has 1 saturated carbocycles. The van der Waals surface area contributed by atoms with E-state index in [1.165, 1.54) is 12.1 Å². The Labute approximate surface area is 179 Å². The van der Waals surface area contributed by atoms with Crippen LogP contribution in [-0.4, -0.2) is 46.6 Å². The molecule has 0 spiro atoms. The van der Waals surface area contributed by atoms with E-state index >= 15 is 4.39 Å². The fraction of sp³-hybridized carbons (Fsp3) is 0.500. The van der Waals surface area contributed by atoms with E-state index in [1.54, 1.807) is 33.1 Å². The Balaban J connectivity index is 2.16. The van der Waals surface area contributed by atoms with Crippen molar-refractivity contribution in [2.45, 2.75) is 64.6 Å². The van der Waals surface area contributed by atoms with Crippen molar-refractivity contribution < 1.29 is 28.6 Å². The molecule has 1 aromatic carbocycles. The van der Waals surface area contributed by atoms with Gasteiger partial charge in [-0.1, -0.05) is 0 Å². The van der Waals surface area contributed by atoms with Crippen LogP contribution in [0.1, 0.15) is 62.9 Å². The van der Waals surface area contributed by atoms with Crippen molar-refractivity contribution in [3.05, 3.63) is 29.1 Å². The van der Waals surface area contributed by atoms with Gasteiger partial charge >= 0.3 is 12.2 Å². The van der Waals surface area contributed by atoms with Gasteiger partial charge in [0.15, 0.2) is 5.82 Å². The third-order valence-electron chi connectivity index (χ3n) is 4.19. The summed E-state index contributed by atoms with van der Waals surface area (Å²) < 4.78 is 20.4. The van der Waals surface area contributed by atoms with Gasteiger partial charge in [0.05, 0.1) is 11.3 Å². The van der Waals surface area contributed by atoms with Crippen LogP contribution in [0.5, 0.6) is 0 Å². The SMILES string of the molecule is CC(CC(=N)c1ccc(C(=O)NNC(=O)O)c(NC2CC2)c1F)NC(=O)OC(C)(C)C. The lowest BCUT2D eigenvalue weighted by Crippen LogP contribution is -2.41. The van der Waals surface area contributed by atoms with Crippen LogP contribution in [-0.2, 0) is 4.74 Å². The monoisotopic (exact) mass is 437 g/mol. The van der Waals surface area contributed by atoms with E-state index in [4.69, 9.17) is 15.3 Å². The molecule has 6 N–H and O–H groups in total. The number of ether oxygens (including phenoxy) is 1. The van der Waals surface area contributed by atoms with Crippen molar-refractivity contribution in [2.24, 2.45) is 0 Å². The number of hydrogen-bond acceptors (Lipinski definition) is 6. The lowest BCUT2D eigenvalue weighted by Gasteiger charge is -2.22. The molecule has 0 aliphatic heterocycles. The number of alkyl carbamates (subject to hydrolysis) is 1. The van der Waals surface area contributed by atoms with Gasteiger partial charge in [0.2, 0.25) is 0 Å². The number of halogens is 1. The number of nitrogens with one attached hydrogen (secondary N) is 5. The zero-order chi connectivity index (χ0) is 23.3. The highest BCUT2D eigenvalue weighted by Crippen LogP contribution is 2.31. The molecule has 1 unspecified atom stereocenters. The summed E-state index contributed by atoms with van der Waals surface area (Å²) in [6, 6.07) is 2.11. The molecule has 0 radical (unpaired) electrons. The van der Waals surface area contributed by atoms with E-state index in [2.05, 4.69) is 10.6 Å². The van der Waals surface area contributed by atoms with Gasteiger partial charge in [-0.2, -0.15) is 0 Å². The normalized spacial score (nSPS) is 14.2. The highest BCUT2D eigenvalue weighted by atomic mass is 19.1. The summed E-state index contributed by atoms with van der Waals surface area (Å²) in [5.74, 6) is -1.62. The highest BCUT2D eigenvalue weighted by Gasteiger charge is 2.28. The average molecular weight is 437 g/mol. The standard InChI is InChI=1S/C20H28FN5O5/c1-10(23-19(30)31-20(2,3)4)9-14(22)12-7-8-13(17(27)25-26-18(28)29)16(15(12)21)24-11-5-6-11/h7-8,10-11,22,24,26H,5-6,9H2,1-4H3,(H,23,30)(H,25,27)(H,28,29). The van der Waals surface area contributed by atoms with E-state index in [0.29, 0.717) is 0 Å². The topological polar surface area (TPSA) is 153 Å². The van der Waals surface area contributed by atoms with Crippen LogP contribution >= 0.6 is 0 Å². The second-order valence-corrected chi connectivity index (χ2v) is 8.38. The summed E-state index contributed by atoms with van der Waals surface area (Å²) in [7, 11) is 0. The number of amides is 3. The van der Waals surface area contributed by atoms with Crippen molar-refractivity contribution in [1.29, 1.82) is 5.41 Å². The Morgan fingerprint density at radius 2 is 1.84 bits per heavy atom. The van der Waals surface area contributed by atoms with E-state index in [0.717, 1.165) is 12.8 Å². The number of carboxylic acid groups (broad SMARTS) is 1. The first-order valence-electron chi connectivity index (χ1n) is 9.83. The summed E-state index contributed by atoms with van der Waals surface area (Å²) in [4.78, 5) is 34.7. The maximum atomic E-state index is 15.2. The first-order valence-corrected chi connectivity index (χ1v) is 9.83. The molecule has 1 aliphatic carbocycles. The zero-order valence-corrected chi connectivity index (χ0v) is 17.9. The Bertz CT molecular complexity index is 879. The maximum absolute atomic E-state index is 15.2. The first kappa shape index (κ1) is 23.9.